The molecule has 13 nitrogen and oxygen atoms in total. The molecule has 10 N–H and O–H groups in total. The zero-order valence-electron chi connectivity index (χ0n) is 22.4. The fraction of sp³-hybridized carbons (Fsp3) is 0.321. The molecule has 0 saturated carbocycles. The van der Waals surface area contributed by atoms with Crippen molar-refractivity contribution >= 4 is 40.5 Å². The third kappa shape index (κ3) is 8.62. The van der Waals surface area contributed by atoms with E-state index >= 15 is 0 Å². The summed E-state index contributed by atoms with van der Waals surface area (Å²) in [5, 5.41) is 27.6. The molecular formula is C28H34N6O7. The van der Waals surface area contributed by atoms with Gasteiger partial charge in [-0.05, 0) is 24.1 Å². The first kappa shape index (κ1) is 30.8. The summed E-state index contributed by atoms with van der Waals surface area (Å²) in [4.78, 5) is 65.8. The molecule has 13 heteroatoms. The van der Waals surface area contributed by atoms with Crippen molar-refractivity contribution in [3.63, 3.8) is 0 Å². The molecule has 0 saturated heterocycles. The van der Waals surface area contributed by atoms with Gasteiger partial charge in [0.15, 0.2) is 0 Å². The van der Waals surface area contributed by atoms with Crippen LogP contribution in [0.15, 0.2) is 60.8 Å². The number of carboxylic acid groups (broad SMARTS) is 1. The first-order valence-corrected chi connectivity index (χ1v) is 12.9. The molecule has 5 unspecified atom stereocenters. The number of rotatable bonds is 14. The van der Waals surface area contributed by atoms with Crippen molar-refractivity contribution in [2.75, 3.05) is 0 Å². The Balaban J connectivity index is 1.82. The second kappa shape index (κ2) is 14.1. The Kier molecular flexibility index (Phi) is 10.6. The summed E-state index contributed by atoms with van der Waals surface area (Å²) in [6.07, 6.45) is -0.238. The third-order valence-electron chi connectivity index (χ3n) is 6.49. The molecule has 41 heavy (non-hydrogen) atoms. The van der Waals surface area contributed by atoms with Gasteiger partial charge in [0, 0.05) is 29.9 Å². The van der Waals surface area contributed by atoms with E-state index in [-0.39, 0.29) is 12.8 Å². The smallest absolute Gasteiger partial charge is 0.326 e. The highest BCUT2D eigenvalue weighted by Gasteiger charge is 2.32. The quantitative estimate of drug-likeness (QED) is 0.121. The normalized spacial score (nSPS) is 14.7. The number of carbonyl (C=O) groups is 5. The van der Waals surface area contributed by atoms with Crippen molar-refractivity contribution in [1.82, 2.24) is 20.9 Å². The summed E-state index contributed by atoms with van der Waals surface area (Å²) in [5.41, 5.74) is 13.0. The zero-order valence-corrected chi connectivity index (χ0v) is 22.4. The molecular weight excluding hydrogens is 532 g/mol. The molecule has 0 aliphatic heterocycles. The number of aromatic nitrogens is 1. The Morgan fingerprint density at radius 3 is 2.05 bits per heavy atom. The van der Waals surface area contributed by atoms with E-state index in [1.54, 1.807) is 36.5 Å². The average Bonchev–Trinajstić information content (AvgIpc) is 3.34. The summed E-state index contributed by atoms with van der Waals surface area (Å²) in [6, 6.07) is 10.5. The number of para-hydroxylation sites is 1. The summed E-state index contributed by atoms with van der Waals surface area (Å²) in [6.45, 7) is 1.28. The van der Waals surface area contributed by atoms with Crippen molar-refractivity contribution in [1.29, 1.82) is 0 Å². The van der Waals surface area contributed by atoms with Gasteiger partial charge in [0.1, 0.15) is 24.2 Å². The Bertz CT molecular complexity index is 1390. The Hall–Kier alpha value is -4.75. The first-order chi connectivity index (χ1) is 19.5. The highest BCUT2D eigenvalue weighted by Crippen LogP contribution is 2.19. The number of hydrogen-bond acceptors (Lipinski definition) is 7. The van der Waals surface area contributed by atoms with E-state index in [0.29, 0.717) is 11.1 Å². The standard InChI is InChI=1S/C28H34N6O7/c1-15(35)24(30)27(39)33-21(13-23(29)36)26(38)32-20(11-16-7-3-2-4-8-16)25(37)34-22(28(40)41)12-17-14-31-19-10-6-5-9-18(17)19/h2-10,14-15,20-22,24,31,35H,11-13,30H2,1H3,(H2,29,36)(H,32,38)(H,33,39)(H,34,37)(H,40,41). The maximum atomic E-state index is 13.4. The molecule has 0 aliphatic rings. The molecule has 0 aliphatic carbocycles. The molecule has 2 aromatic carbocycles. The second-order valence-corrected chi connectivity index (χ2v) is 9.71. The van der Waals surface area contributed by atoms with E-state index in [1.165, 1.54) is 6.92 Å². The lowest BCUT2D eigenvalue weighted by Gasteiger charge is -2.25. The molecule has 0 radical (unpaired) electrons. The molecule has 0 fully saturated rings. The van der Waals surface area contributed by atoms with Crippen LogP contribution in [-0.4, -0.2) is 75.1 Å². The minimum absolute atomic E-state index is 0.0255. The number of H-pyrrole nitrogens is 1. The summed E-state index contributed by atoms with van der Waals surface area (Å²) in [7, 11) is 0. The van der Waals surface area contributed by atoms with Crippen LogP contribution in [0, 0.1) is 0 Å². The minimum atomic E-state index is -1.50. The molecule has 1 heterocycles. The van der Waals surface area contributed by atoms with Crippen LogP contribution in [-0.2, 0) is 36.8 Å². The fourth-order valence-corrected chi connectivity index (χ4v) is 4.22. The molecule has 218 valence electrons. The number of aliphatic hydroxyl groups is 1. The summed E-state index contributed by atoms with van der Waals surface area (Å²) in [5.74, 6) is -4.81. The number of amides is 4. The van der Waals surface area contributed by atoms with E-state index in [1.807, 2.05) is 24.3 Å². The topological polar surface area (TPSA) is 230 Å². The van der Waals surface area contributed by atoms with Crippen LogP contribution >= 0.6 is 0 Å². The number of carboxylic acids is 1. The van der Waals surface area contributed by atoms with Crippen molar-refractivity contribution in [2.24, 2.45) is 11.5 Å². The molecule has 0 spiro atoms. The predicted octanol–water partition coefficient (Wildman–Crippen LogP) is -0.924. The molecule has 3 rings (SSSR count). The zero-order chi connectivity index (χ0) is 30.1. The number of hydrogen-bond donors (Lipinski definition) is 8. The van der Waals surface area contributed by atoms with Crippen molar-refractivity contribution < 1.29 is 34.2 Å². The Labute approximate surface area is 235 Å². The lowest BCUT2D eigenvalue weighted by Crippen LogP contribution is -2.59. The maximum Gasteiger partial charge on any atom is 0.326 e. The number of benzene rings is 2. The van der Waals surface area contributed by atoms with E-state index < -0.39 is 66.3 Å². The molecule has 1 aromatic heterocycles. The van der Waals surface area contributed by atoms with E-state index in [9.17, 15) is 34.2 Å². The Morgan fingerprint density at radius 1 is 0.829 bits per heavy atom. The van der Waals surface area contributed by atoms with Crippen LogP contribution in [0.4, 0.5) is 0 Å². The van der Waals surface area contributed by atoms with Crippen LogP contribution in [0.2, 0.25) is 0 Å². The first-order valence-electron chi connectivity index (χ1n) is 12.9. The maximum absolute atomic E-state index is 13.4. The number of nitrogens with two attached hydrogens (primary N) is 2. The van der Waals surface area contributed by atoms with Gasteiger partial charge in [-0.2, -0.15) is 0 Å². The molecule has 4 amide bonds. The van der Waals surface area contributed by atoms with Crippen LogP contribution in [0.1, 0.15) is 24.5 Å². The monoisotopic (exact) mass is 566 g/mol. The Morgan fingerprint density at radius 2 is 1.41 bits per heavy atom. The highest BCUT2D eigenvalue weighted by molar-refractivity contribution is 5.96. The number of aliphatic carboxylic acids is 1. The summed E-state index contributed by atoms with van der Waals surface area (Å²) >= 11 is 0. The molecule has 5 atom stereocenters. The van der Waals surface area contributed by atoms with Gasteiger partial charge in [0.25, 0.3) is 0 Å². The fourth-order valence-electron chi connectivity index (χ4n) is 4.22. The number of aromatic amines is 1. The van der Waals surface area contributed by atoms with Crippen molar-refractivity contribution in [3.8, 4) is 0 Å². The van der Waals surface area contributed by atoms with Crippen molar-refractivity contribution in [3.05, 3.63) is 71.9 Å². The lowest BCUT2D eigenvalue weighted by atomic mass is 10.0. The molecule has 0 bridgehead atoms. The van der Waals surface area contributed by atoms with Gasteiger partial charge in [-0.1, -0.05) is 48.5 Å². The SMILES string of the molecule is CC(O)C(N)C(=O)NC(CC(N)=O)C(=O)NC(Cc1ccccc1)C(=O)NC(Cc1c[nH]c2ccccc12)C(=O)O. The van der Waals surface area contributed by atoms with Crippen LogP contribution in [0.25, 0.3) is 10.9 Å². The van der Waals surface area contributed by atoms with Crippen molar-refractivity contribution in [2.45, 2.75) is 56.5 Å². The van der Waals surface area contributed by atoms with Gasteiger partial charge in [0.2, 0.25) is 23.6 Å². The number of carbonyl (C=O) groups excluding carboxylic acids is 4. The van der Waals surface area contributed by atoms with Gasteiger partial charge in [-0.25, -0.2) is 4.79 Å². The number of fused-ring (bicyclic) bond motifs is 1. The minimum Gasteiger partial charge on any atom is -0.480 e. The van der Waals surface area contributed by atoms with Gasteiger partial charge < -0.3 is 42.6 Å². The van der Waals surface area contributed by atoms with E-state index in [0.717, 1.165) is 10.9 Å². The average molecular weight is 567 g/mol. The van der Waals surface area contributed by atoms with Gasteiger partial charge >= 0.3 is 5.97 Å². The van der Waals surface area contributed by atoms with Gasteiger partial charge in [-0.3, -0.25) is 19.2 Å². The number of aliphatic hydroxyl groups excluding tert-OH is 1. The largest absolute Gasteiger partial charge is 0.480 e. The second-order valence-electron chi connectivity index (χ2n) is 9.71. The van der Waals surface area contributed by atoms with Gasteiger partial charge in [-0.15, -0.1) is 0 Å². The van der Waals surface area contributed by atoms with Crippen LogP contribution in [0.5, 0.6) is 0 Å². The summed E-state index contributed by atoms with van der Waals surface area (Å²) < 4.78 is 0. The van der Waals surface area contributed by atoms with Crippen LogP contribution < -0.4 is 27.4 Å². The number of primary amides is 1. The lowest BCUT2D eigenvalue weighted by molar-refractivity contribution is -0.142. The number of nitrogens with one attached hydrogen (secondary N) is 4. The van der Waals surface area contributed by atoms with Gasteiger partial charge in [0.05, 0.1) is 12.5 Å². The highest BCUT2D eigenvalue weighted by atomic mass is 16.4. The van der Waals surface area contributed by atoms with Crippen LogP contribution in [0.3, 0.4) is 0 Å². The van der Waals surface area contributed by atoms with E-state index in [2.05, 4.69) is 20.9 Å². The molecule has 3 aromatic rings. The predicted molar refractivity (Wildman–Crippen MR) is 149 cm³/mol. The third-order valence-corrected chi connectivity index (χ3v) is 6.49. The van der Waals surface area contributed by atoms with E-state index in [4.69, 9.17) is 11.5 Å².